The van der Waals surface area contributed by atoms with Gasteiger partial charge in [-0.15, -0.1) is 0 Å². The fraction of sp³-hybridized carbons (Fsp3) is 0.130. The van der Waals surface area contributed by atoms with Gasteiger partial charge in [0.25, 0.3) is 5.91 Å². The first-order valence-electron chi connectivity index (χ1n) is 9.05. The van der Waals surface area contributed by atoms with Crippen LogP contribution in [0.25, 0.3) is 0 Å². The molecule has 2 N–H and O–H groups in total. The van der Waals surface area contributed by atoms with Crippen molar-refractivity contribution >= 4 is 23.3 Å². The van der Waals surface area contributed by atoms with E-state index in [0.717, 1.165) is 11.3 Å². The molecule has 29 heavy (non-hydrogen) atoms. The fourth-order valence-corrected chi connectivity index (χ4v) is 2.98. The lowest BCUT2D eigenvalue weighted by molar-refractivity contribution is 0.0696. The third-order valence-corrected chi connectivity index (χ3v) is 4.52. The third kappa shape index (κ3) is 4.93. The van der Waals surface area contributed by atoms with Crippen LogP contribution in [0.2, 0.25) is 0 Å². The minimum atomic E-state index is -1.05. The first-order chi connectivity index (χ1) is 14.0. The first kappa shape index (κ1) is 19.9. The van der Waals surface area contributed by atoms with Crippen LogP contribution in [0.5, 0.6) is 5.75 Å². The van der Waals surface area contributed by atoms with Gasteiger partial charge in [-0.2, -0.15) is 0 Å². The molecule has 0 saturated heterocycles. The lowest BCUT2D eigenvalue weighted by Gasteiger charge is -2.23. The van der Waals surface area contributed by atoms with E-state index in [0.29, 0.717) is 23.5 Å². The van der Waals surface area contributed by atoms with Gasteiger partial charge in [0.15, 0.2) is 0 Å². The van der Waals surface area contributed by atoms with Gasteiger partial charge in [0.1, 0.15) is 5.75 Å². The number of carbonyl (C=O) groups excluding carboxylic acids is 1. The maximum atomic E-state index is 12.7. The number of hydrogen-bond donors (Lipinski definition) is 2. The predicted octanol–water partition coefficient (Wildman–Crippen LogP) is 4.28. The molecule has 6 heteroatoms. The molecule has 0 aliphatic carbocycles. The van der Waals surface area contributed by atoms with Crippen LogP contribution in [-0.4, -0.2) is 31.1 Å². The second kappa shape index (κ2) is 8.93. The molecule has 0 radical (unpaired) electrons. The van der Waals surface area contributed by atoms with Crippen LogP contribution in [0.3, 0.4) is 0 Å². The van der Waals surface area contributed by atoms with Crippen LogP contribution >= 0.6 is 0 Å². The average Bonchev–Trinajstić information content (AvgIpc) is 2.74. The number of benzene rings is 3. The molecular weight excluding hydrogens is 368 g/mol. The molecule has 148 valence electrons. The largest absolute Gasteiger partial charge is 0.497 e. The topological polar surface area (TPSA) is 78.9 Å². The monoisotopic (exact) mass is 390 g/mol. The molecule has 0 spiro atoms. The highest BCUT2D eigenvalue weighted by Crippen LogP contribution is 2.28. The quantitative estimate of drug-likeness (QED) is 0.629. The summed E-state index contributed by atoms with van der Waals surface area (Å²) in [5, 5.41) is 12.2. The highest BCUT2D eigenvalue weighted by molar-refractivity contribution is 6.06. The standard InChI is InChI=1S/C23H22N2O4/c1-25(15-16-6-4-3-5-7-16)21-13-10-18(23(27)28)14-20(21)24-22(26)17-8-11-19(29-2)12-9-17/h3-14H,15H2,1-2H3,(H,24,26)(H,27,28). The number of carbonyl (C=O) groups is 2. The Morgan fingerprint density at radius 2 is 1.62 bits per heavy atom. The van der Waals surface area contributed by atoms with E-state index in [2.05, 4.69) is 5.32 Å². The Kier molecular flexibility index (Phi) is 6.14. The van der Waals surface area contributed by atoms with Crippen LogP contribution in [0.1, 0.15) is 26.3 Å². The molecule has 0 aromatic heterocycles. The van der Waals surface area contributed by atoms with Crippen molar-refractivity contribution in [3.63, 3.8) is 0 Å². The van der Waals surface area contributed by atoms with Crippen molar-refractivity contribution in [2.45, 2.75) is 6.54 Å². The number of aromatic carboxylic acids is 1. The van der Waals surface area contributed by atoms with Gasteiger partial charge in [0.2, 0.25) is 0 Å². The summed E-state index contributed by atoms with van der Waals surface area (Å²) >= 11 is 0. The maximum absolute atomic E-state index is 12.7. The van der Waals surface area contributed by atoms with E-state index in [4.69, 9.17) is 4.74 Å². The van der Waals surface area contributed by atoms with Gasteiger partial charge < -0.3 is 20.1 Å². The molecule has 0 unspecified atom stereocenters. The summed E-state index contributed by atoms with van der Waals surface area (Å²) in [6.07, 6.45) is 0. The van der Waals surface area contributed by atoms with Gasteiger partial charge in [-0.1, -0.05) is 30.3 Å². The van der Waals surface area contributed by atoms with Crippen LogP contribution < -0.4 is 15.0 Å². The zero-order valence-corrected chi connectivity index (χ0v) is 16.3. The summed E-state index contributed by atoms with van der Waals surface area (Å²) < 4.78 is 5.11. The summed E-state index contributed by atoms with van der Waals surface area (Å²) in [5.41, 5.74) is 2.81. The molecule has 3 aromatic carbocycles. The smallest absolute Gasteiger partial charge is 0.335 e. The highest BCUT2D eigenvalue weighted by atomic mass is 16.5. The molecule has 0 saturated carbocycles. The van der Waals surface area contributed by atoms with Crippen LogP contribution in [0.15, 0.2) is 72.8 Å². The van der Waals surface area contributed by atoms with Crippen LogP contribution in [0.4, 0.5) is 11.4 Å². The van der Waals surface area contributed by atoms with Gasteiger partial charge in [-0.25, -0.2) is 4.79 Å². The normalized spacial score (nSPS) is 10.3. The van der Waals surface area contributed by atoms with Gasteiger partial charge in [0, 0.05) is 19.2 Å². The Labute approximate surface area is 169 Å². The molecule has 0 fully saturated rings. The molecule has 0 aliphatic heterocycles. The summed E-state index contributed by atoms with van der Waals surface area (Å²) in [7, 11) is 3.45. The Morgan fingerprint density at radius 1 is 0.966 bits per heavy atom. The number of methoxy groups -OCH3 is 1. The summed E-state index contributed by atoms with van der Waals surface area (Å²) in [6, 6.07) is 21.3. The molecule has 0 bridgehead atoms. The van der Waals surface area contributed by atoms with E-state index < -0.39 is 5.97 Å². The highest BCUT2D eigenvalue weighted by Gasteiger charge is 2.15. The number of ether oxygens (including phenoxy) is 1. The Bertz CT molecular complexity index is 1000. The van der Waals surface area contributed by atoms with E-state index in [-0.39, 0.29) is 11.5 Å². The number of rotatable bonds is 7. The summed E-state index contributed by atoms with van der Waals surface area (Å²) in [5.74, 6) is -0.732. The number of hydrogen-bond acceptors (Lipinski definition) is 4. The SMILES string of the molecule is COc1ccc(C(=O)Nc2cc(C(=O)O)ccc2N(C)Cc2ccccc2)cc1. The van der Waals surface area contributed by atoms with E-state index in [1.807, 2.05) is 42.3 Å². The van der Waals surface area contributed by atoms with E-state index >= 15 is 0 Å². The van der Waals surface area contributed by atoms with Crippen molar-refractivity contribution in [2.75, 3.05) is 24.4 Å². The number of amides is 1. The van der Waals surface area contributed by atoms with Crippen molar-refractivity contribution < 1.29 is 19.4 Å². The number of nitrogens with zero attached hydrogens (tertiary/aromatic N) is 1. The number of carboxylic acids is 1. The number of carboxylic acid groups (broad SMARTS) is 1. The molecule has 0 heterocycles. The molecule has 1 amide bonds. The molecular formula is C23H22N2O4. The van der Waals surface area contributed by atoms with Crippen molar-refractivity contribution in [2.24, 2.45) is 0 Å². The third-order valence-electron chi connectivity index (χ3n) is 4.52. The Balaban J connectivity index is 1.88. The van der Waals surface area contributed by atoms with Gasteiger partial charge in [0.05, 0.1) is 24.0 Å². The minimum Gasteiger partial charge on any atom is -0.497 e. The van der Waals surface area contributed by atoms with E-state index in [1.165, 1.54) is 12.1 Å². The maximum Gasteiger partial charge on any atom is 0.335 e. The Hall–Kier alpha value is -3.80. The van der Waals surface area contributed by atoms with Gasteiger partial charge in [-0.05, 0) is 48.0 Å². The average molecular weight is 390 g/mol. The van der Waals surface area contributed by atoms with Crippen molar-refractivity contribution in [3.8, 4) is 5.75 Å². The predicted molar refractivity (Wildman–Crippen MR) is 113 cm³/mol. The van der Waals surface area contributed by atoms with Gasteiger partial charge in [-0.3, -0.25) is 4.79 Å². The van der Waals surface area contributed by atoms with Crippen molar-refractivity contribution in [1.82, 2.24) is 0 Å². The fourth-order valence-electron chi connectivity index (χ4n) is 2.98. The van der Waals surface area contributed by atoms with Crippen molar-refractivity contribution in [1.29, 1.82) is 0 Å². The zero-order valence-electron chi connectivity index (χ0n) is 16.3. The summed E-state index contributed by atoms with van der Waals surface area (Å²) in [6.45, 7) is 0.610. The van der Waals surface area contributed by atoms with Crippen molar-refractivity contribution in [3.05, 3.63) is 89.5 Å². The minimum absolute atomic E-state index is 0.104. The number of nitrogens with one attached hydrogen (secondary N) is 1. The molecule has 6 nitrogen and oxygen atoms in total. The summed E-state index contributed by atoms with van der Waals surface area (Å²) in [4.78, 5) is 26.1. The second-order valence-electron chi connectivity index (χ2n) is 6.56. The van der Waals surface area contributed by atoms with Gasteiger partial charge >= 0.3 is 5.97 Å². The molecule has 0 aliphatic rings. The molecule has 0 atom stereocenters. The molecule has 3 aromatic rings. The number of anilines is 2. The van der Waals surface area contributed by atoms with E-state index in [9.17, 15) is 14.7 Å². The molecule has 3 rings (SSSR count). The lowest BCUT2D eigenvalue weighted by Crippen LogP contribution is -2.20. The van der Waals surface area contributed by atoms with Crippen LogP contribution in [0, 0.1) is 0 Å². The second-order valence-corrected chi connectivity index (χ2v) is 6.56. The zero-order chi connectivity index (χ0) is 20.8. The first-order valence-corrected chi connectivity index (χ1v) is 9.05. The lowest BCUT2D eigenvalue weighted by atomic mass is 10.1. The van der Waals surface area contributed by atoms with Crippen LogP contribution in [-0.2, 0) is 6.54 Å². The van der Waals surface area contributed by atoms with E-state index in [1.54, 1.807) is 37.4 Å². The Morgan fingerprint density at radius 3 is 2.24 bits per heavy atom.